The van der Waals surface area contributed by atoms with Crippen molar-refractivity contribution < 1.29 is 4.42 Å². The van der Waals surface area contributed by atoms with Crippen molar-refractivity contribution in [3.05, 3.63) is 206 Å². The Balaban J connectivity index is 1.08. The molecule has 0 fully saturated rings. The van der Waals surface area contributed by atoms with Gasteiger partial charge >= 0.3 is 0 Å². The molecule has 0 amide bonds. The van der Waals surface area contributed by atoms with Gasteiger partial charge in [-0.15, -0.1) is 0 Å². The molecule has 0 spiro atoms. The third kappa shape index (κ3) is 5.05. The normalized spacial score (nSPS) is 11.6. The van der Waals surface area contributed by atoms with E-state index in [-0.39, 0.29) is 0 Å². The van der Waals surface area contributed by atoms with Gasteiger partial charge in [0, 0.05) is 38.8 Å². The summed E-state index contributed by atoms with van der Waals surface area (Å²) in [4.78, 5) is 2.36. The molecular weight excluding hydrogens is 669 g/mol. The van der Waals surface area contributed by atoms with Gasteiger partial charge in [0.2, 0.25) is 0 Å². The number of benzene rings is 9. The van der Waals surface area contributed by atoms with Crippen molar-refractivity contribution >= 4 is 71.6 Å². The maximum absolute atomic E-state index is 6.39. The van der Waals surface area contributed by atoms with E-state index < -0.39 is 0 Å². The fraction of sp³-hybridized carbons (Fsp3) is 0. The molecule has 0 saturated carbocycles. The van der Waals surface area contributed by atoms with E-state index in [9.17, 15) is 0 Å². The molecule has 258 valence electrons. The lowest BCUT2D eigenvalue weighted by Gasteiger charge is -2.27. The summed E-state index contributed by atoms with van der Waals surface area (Å²) in [5.41, 5.74) is 13.3. The molecule has 3 heteroatoms. The summed E-state index contributed by atoms with van der Waals surface area (Å²) in [5, 5.41) is 7.18. The SMILES string of the molecule is c1ccc(-n2c3ccccc3c3cccc(-c4ccc(N(c5ccc(-c6cccc7ccccc67)cc5)c5cccc6oc7ccccc7c56)cc4)c32)cc1. The van der Waals surface area contributed by atoms with Crippen LogP contribution in [-0.4, -0.2) is 4.57 Å². The molecule has 0 bridgehead atoms. The molecule has 0 atom stereocenters. The molecule has 0 N–H and O–H groups in total. The number of aromatic nitrogens is 1. The zero-order chi connectivity index (χ0) is 36.3. The number of para-hydroxylation sites is 4. The van der Waals surface area contributed by atoms with Crippen LogP contribution in [0, 0.1) is 0 Å². The minimum Gasteiger partial charge on any atom is -0.456 e. The van der Waals surface area contributed by atoms with Crippen LogP contribution in [0.5, 0.6) is 0 Å². The molecule has 0 aliphatic carbocycles. The minimum atomic E-state index is 0.869. The van der Waals surface area contributed by atoms with Gasteiger partial charge in [-0.05, 0) is 88.1 Å². The summed E-state index contributed by atoms with van der Waals surface area (Å²) >= 11 is 0. The second kappa shape index (κ2) is 12.6. The van der Waals surface area contributed by atoms with Crippen molar-refractivity contribution in [1.29, 1.82) is 0 Å². The Kier molecular flexibility index (Phi) is 7.17. The van der Waals surface area contributed by atoms with E-state index in [4.69, 9.17) is 4.42 Å². The molecule has 0 aliphatic rings. The van der Waals surface area contributed by atoms with Crippen LogP contribution in [0.15, 0.2) is 211 Å². The number of rotatable bonds is 6. The third-order valence-corrected chi connectivity index (χ3v) is 11.0. The van der Waals surface area contributed by atoms with Gasteiger partial charge in [0.05, 0.1) is 22.1 Å². The van der Waals surface area contributed by atoms with Gasteiger partial charge in [-0.1, -0.05) is 146 Å². The molecular formula is C52H34N2O. The van der Waals surface area contributed by atoms with Crippen molar-refractivity contribution in [3.8, 4) is 27.9 Å². The second-order valence-electron chi connectivity index (χ2n) is 14.1. The van der Waals surface area contributed by atoms with Gasteiger partial charge in [-0.25, -0.2) is 0 Å². The third-order valence-electron chi connectivity index (χ3n) is 11.0. The van der Waals surface area contributed by atoms with Crippen molar-refractivity contribution in [1.82, 2.24) is 4.57 Å². The Bertz CT molecular complexity index is 3180. The first-order valence-corrected chi connectivity index (χ1v) is 18.8. The highest BCUT2D eigenvalue weighted by atomic mass is 16.3. The number of nitrogens with zero attached hydrogens (tertiary/aromatic N) is 2. The number of hydrogen-bond donors (Lipinski definition) is 0. The fourth-order valence-corrected chi connectivity index (χ4v) is 8.52. The summed E-state index contributed by atoms with van der Waals surface area (Å²) in [6.07, 6.45) is 0. The molecule has 2 aromatic heterocycles. The lowest BCUT2D eigenvalue weighted by Crippen LogP contribution is -2.10. The predicted octanol–water partition coefficient (Wildman–Crippen LogP) is 14.6. The topological polar surface area (TPSA) is 21.3 Å². The first-order chi connectivity index (χ1) is 27.3. The maximum atomic E-state index is 6.39. The van der Waals surface area contributed by atoms with Crippen molar-refractivity contribution in [2.45, 2.75) is 0 Å². The van der Waals surface area contributed by atoms with E-state index in [0.717, 1.165) is 50.3 Å². The molecule has 0 radical (unpaired) electrons. The van der Waals surface area contributed by atoms with E-state index >= 15 is 0 Å². The molecule has 9 aromatic carbocycles. The van der Waals surface area contributed by atoms with Crippen LogP contribution in [0.2, 0.25) is 0 Å². The lowest BCUT2D eigenvalue weighted by atomic mass is 9.98. The monoisotopic (exact) mass is 702 g/mol. The first-order valence-electron chi connectivity index (χ1n) is 18.8. The summed E-state index contributed by atoms with van der Waals surface area (Å²) in [6.45, 7) is 0. The lowest BCUT2D eigenvalue weighted by molar-refractivity contribution is 0.669. The first kappa shape index (κ1) is 31.2. The second-order valence-corrected chi connectivity index (χ2v) is 14.1. The Morgan fingerprint density at radius 2 is 0.945 bits per heavy atom. The smallest absolute Gasteiger partial charge is 0.137 e. The van der Waals surface area contributed by atoms with E-state index in [1.165, 1.54) is 49.3 Å². The van der Waals surface area contributed by atoms with Gasteiger partial charge in [0.1, 0.15) is 11.2 Å². The quantitative estimate of drug-likeness (QED) is 0.172. The van der Waals surface area contributed by atoms with Crippen LogP contribution in [0.3, 0.4) is 0 Å². The standard InChI is InChI=1S/C52H34N2O/c1-2-15-38(16-3-1)54-47-23-8-6-18-44(47)45-22-11-21-43(52(45)54)37-29-33-40(34-30-37)53(48-24-12-26-50-51(48)46-19-7-9-25-49(46)55-50)39-31-27-36(28-32-39)42-20-10-14-35-13-4-5-17-41(35)42/h1-34H. The highest BCUT2D eigenvalue weighted by Gasteiger charge is 2.21. The summed E-state index contributed by atoms with van der Waals surface area (Å²) in [6, 6.07) is 73.9. The summed E-state index contributed by atoms with van der Waals surface area (Å²) in [7, 11) is 0. The largest absolute Gasteiger partial charge is 0.456 e. The zero-order valence-electron chi connectivity index (χ0n) is 29.9. The maximum Gasteiger partial charge on any atom is 0.137 e. The minimum absolute atomic E-state index is 0.869. The van der Waals surface area contributed by atoms with E-state index in [2.05, 4.69) is 204 Å². The molecule has 0 unspecified atom stereocenters. The molecule has 3 nitrogen and oxygen atoms in total. The molecule has 2 heterocycles. The van der Waals surface area contributed by atoms with Gasteiger partial charge in [-0.3, -0.25) is 0 Å². The van der Waals surface area contributed by atoms with Crippen molar-refractivity contribution in [3.63, 3.8) is 0 Å². The average molecular weight is 703 g/mol. The number of furan rings is 1. The predicted molar refractivity (Wildman–Crippen MR) is 231 cm³/mol. The van der Waals surface area contributed by atoms with E-state index in [0.29, 0.717) is 0 Å². The Hall–Kier alpha value is -7.36. The summed E-state index contributed by atoms with van der Waals surface area (Å²) in [5.74, 6) is 0. The van der Waals surface area contributed by atoms with Gasteiger partial charge < -0.3 is 13.9 Å². The van der Waals surface area contributed by atoms with Crippen LogP contribution in [-0.2, 0) is 0 Å². The number of anilines is 3. The number of fused-ring (bicyclic) bond motifs is 7. The van der Waals surface area contributed by atoms with Crippen molar-refractivity contribution in [2.24, 2.45) is 0 Å². The molecule has 55 heavy (non-hydrogen) atoms. The van der Waals surface area contributed by atoms with Crippen LogP contribution < -0.4 is 4.90 Å². The van der Waals surface area contributed by atoms with Gasteiger partial charge in [-0.2, -0.15) is 0 Å². The Morgan fingerprint density at radius 3 is 1.75 bits per heavy atom. The van der Waals surface area contributed by atoms with Crippen LogP contribution in [0.1, 0.15) is 0 Å². The highest BCUT2D eigenvalue weighted by Crippen LogP contribution is 2.45. The molecule has 0 saturated heterocycles. The van der Waals surface area contributed by atoms with Crippen LogP contribution in [0.25, 0.3) is 82.5 Å². The molecule has 0 aliphatic heterocycles. The summed E-state index contributed by atoms with van der Waals surface area (Å²) < 4.78 is 8.80. The highest BCUT2D eigenvalue weighted by molar-refractivity contribution is 6.15. The molecule has 11 rings (SSSR count). The van der Waals surface area contributed by atoms with Gasteiger partial charge in [0.15, 0.2) is 0 Å². The fourth-order valence-electron chi connectivity index (χ4n) is 8.52. The van der Waals surface area contributed by atoms with E-state index in [1.54, 1.807) is 0 Å². The van der Waals surface area contributed by atoms with Crippen LogP contribution in [0.4, 0.5) is 17.1 Å². The molecule has 11 aromatic rings. The number of hydrogen-bond acceptors (Lipinski definition) is 2. The van der Waals surface area contributed by atoms with Crippen molar-refractivity contribution in [2.75, 3.05) is 4.90 Å². The Morgan fingerprint density at radius 1 is 0.382 bits per heavy atom. The average Bonchev–Trinajstić information content (AvgIpc) is 3.81. The Labute approximate surface area is 318 Å². The zero-order valence-corrected chi connectivity index (χ0v) is 29.9. The van der Waals surface area contributed by atoms with Gasteiger partial charge in [0.25, 0.3) is 0 Å². The van der Waals surface area contributed by atoms with Crippen LogP contribution >= 0.6 is 0 Å². The van der Waals surface area contributed by atoms with E-state index in [1.807, 2.05) is 12.1 Å².